The fourth-order valence-electron chi connectivity index (χ4n) is 5.29. The summed E-state index contributed by atoms with van der Waals surface area (Å²) in [6.45, 7) is 2.52. The molecular weight excluding hydrogens is 458 g/mol. The highest BCUT2D eigenvalue weighted by Gasteiger charge is 2.62. The Morgan fingerprint density at radius 1 is 1.32 bits per heavy atom. The first-order chi connectivity index (χ1) is 16.4. The molecule has 11 heteroatoms. The molecule has 10 nitrogen and oxygen atoms in total. The van der Waals surface area contributed by atoms with Crippen molar-refractivity contribution in [2.75, 3.05) is 5.32 Å². The number of hydrogen-bond acceptors (Lipinski definition) is 7. The van der Waals surface area contributed by atoms with Crippen LogP contribution in [0.3, 0.4) is 0 Å². The third kappa shape index (κ3) is 3.74. The Kier molecular flexibility index (Phi) is 5.11. The average molecular weight is 484 g/mol. The normalized spacial score (nSPS) is 25.8. The number of amides is 2. The van der Waals surface area contributed by atoms with Crippen LogP contribution in [0.2, 0.25) is 5.02 Å². The molecule has 2 aliphatic carbocycles. The van der Waals surface area contributed by atoms with E-state index in [4.69, 9.17) is 20.8 Å². The van der Waals surface area contributed by atoms with Gasteiger partial charge in [0, 0.05) is 30.8 Å². The molecule has 4 heterocycles. The minimum Gasteiger partial charge on any atom is -0.420 e. The lowest BCUT2D eigenvalue weighted by Gasteiger charge is -2.61. The quantitative estimate of drug-likeness (QED) is 0.561. The van der Waals surface area contributed by atoms with Gasteiger partial charge in [-0.3, -0.25) is 4.68 Å². The van der Waals surface area contributed by atoms with Crippen molar-refractivity contribution >= 4 is 23.3 Å². The number of carbonyl (C=O) groups excluding carboxylic acids is 1. The Morgan fingerprint density at radius 3 is 2.94 bits per heavy atom. The van der Waals surface area contributed by atoms with Crippen LogP contribution >= 0.6 is 11.6 Å². The summed E-state index contributed by atoms with van der Waals surface area (Å²) in [5.74, 6) is 1.91. The molecule has 2 amide bonds. The number of aryl methyl sites for hydroxylation is 1. The van der Waals surface area contributed by atoms with Gasteiger partial charge in [-0.2, -0.15) is 5.10 Å². The number of ether oxygens (including phenoxy) is 1. The molecule has 2 bridgehead atoms. The van der Waals surface area contributed by atoms with Crippen LogP contribution in [0.25, 0.3) is 11.4 Å². The van der Waals surface area contributed by atoms with Crippen LogP contribution in [0.1, 0.15) is 50.8 Å². The van der Waals surface area contributed by atoms with E-state index in [9.17, 15) is 4.79 Å². The van der Waals surface area contributed by atoms with Crippen molar-refractivity contribution in [1.29, 1.82) is 0 Å². The number of hydrogen-bond donors (Lipinski definition) is 1. The molecule has 0 unspecified atom stereocenters. The van der Waals surface area contributed by atoms with Crippen LogP contribution in [-0.4, -0.2) is 48.0 Å². The second-order valence-electron chi connectivity index (χ2n) is 9.68. The molecule has 3 aromatic rings. The number of aromatic nitrogens is 5. The van der Waals surface area contributed by atoms with E-state index in [1.54, 1.807) is 36.3 Å². The number of nitrogens with zero attached hydrogens (tertiary/aromatic N) is 6. The number of piperidine rings is 1. The lowest BCUT2D eigenvalue weighted by molar-refractivity contribution is -0.110. The minimum atomic E-state index is -0.588. The van der Waals surface area contributed by atoms with Crippen molar-refractivity contribution in [3.63, 3.8) is 0 Å². The maximum absolute atomic E-state index is 13.5. The molecule has 4 aliphatic rings. The van der Waals surface area contributed by atoms with Crippen LogP contribution in [0.4, 0.5) is 10.5 Å². The second kappa shape index (κ2) is 8.06. The first-order valence-electron chi connectivity index (χ1n) is 11.6. The third-order valence-electron chi connectivity index (χ3n) is 6.87. The van der Waals surface area contributed by atoms with Crippen LogP contribution in [-0.2, 0) is 23.9 Å². The molecule has 1 N–H and O–H groups in total. The van der Waals surface area contributed by atoms with Gasteiger partial charge in [0.2, 0.25) is 11.8 Å². The summed E-state index contributed by atoms with van der Waals surface area (Å²) in [5.41, 5.74) is 0.688. The molecule has 2 saturated heterocycles. The van der Waals surface area contributed by atoms with Crippen LogP contribution in [0.5, 0.6) is 0 Å². The highest BCUT2D eigenvalue weighted by Crippen LogP contribution is 2.55. The van der Waals surface area contributed by atoms with Gasteiger partial charge in [-0.15, -0.1) is 10.2 Å². The molecule has 4 fully saturated rings. The van der Waals surface area contributed by atoms with Gasteiger partial charge >= 0.3 is 6.03 Å². The summed E-state index contributed by atoms with van der Waals surface area (Å²) in [6, 6.07) is 5.24. The molecule has 3 atom stereocenters. The van der Waals surface area contributed by atoms with Crippen molar-refractivity contribution < 1.29 is 13.9 Å². The fraction of sp³-hybridized carbons (Fsp3) is 0.522. The lowest BCUT2D eigenvalue weighted by Crippen LogP contribution is -2.70. The van der Waals surface area contributed by atoms with Crippen molar-refractivity contribution in [3.8, 4) is 11.4 Å². The summed E-state index contributed by atoms with van der Waals surface area (Å²) < 4.78 is 13.3. The predicted molar refractivity (Wildman–Crippen MR) is 123 cm³/mol. The number of fused-ring (bicyclic) bond motifs is 2. The minimum absolute atomic E-state index is 0.131. The standard InChI is InChI=1S/C23H26ClN7O3/c1-13-7-15-10-23(9-13,21-28-27-19(34-21)11-33-16-4-5-16)31(15)22(32)26-14-3-6-18(24)17(8-14)20-25-12-30(2)29-20/h3,6,8,12-13,15-16H,4-5,7,9-11H2,1-2H3,(H,26,32)/t13-,15+,23-/m0/s1. The van der Waals surface area contributed by atoms with Gasteiger partial charge in [0.25, 0.3) is 0 Å². The Balaban J connectivity index is 1.23. The predicted octanol–water partition coefficient (Wildman–Crippen LogP) is 4.13. The average Bonchev–Trinajstić information content (AvgIpc) is 3.32. The largest absolute Gasteiger partial charge is 0.420 e. The highest BCUT2D eigenvalue weighted by molar-refractivity contribution is 6.33. The maximum Gasteiger partial charge on any atom is 0.323 e. The topological polar surface area (TPSA) is 111 Å². The molecule has 2 aliphatic heterocycles. The van der Waals surface area contributed by atoms with E-state index in [-0.39, 0.29) is 12.1 Å². The van der Waals surface area contributed by atoms with Gasteiger partial charge < -0.3 is 19.4 Å². The summed E-state index contributed by atoms with van der Waals surface area (Å²) in [5, 5.41) is 16.4. The third-order valence-corrected chi connectivity index (χ3v) is 7.20. The number of anilines is 1. The number of halogens is 1. The van der Waals surface area contributed by atoms with E-state index in [1.165, 1.54) is 0 Å². The SMILES string of the molecule is C[C@H]1C[C@@H]2C[C@](c3nnc(COC4CC4)o3)(C1)N2C(=O)Nc1ccc(Cl)c(-c2ncn(C)n2)c1. The smallest absolute Gasteiger partial charge is 0.323 e. The molecule has 2 aromatic heterocycles. The Labute approximate surface area is 201 Å². The first-order valence-corrected chi connectivity index (χ1v) is 12.0. The monoisotopic (exact) mass is 483 g/mol. The number of benzene rings is 1. The molecule has 1 aromatic carbocycles. The zero-order valence-electron chi connectivity index (χ0n) is 19.1. The summed E-state index contributed by atoms with van der Waals surface area (Å²) >= 11 is 6.37. The van der Waals surface area contributed by atoms with E-state index in [1.807, 2.05) is 4.90 Å². The fourth-order valence-corrected chi connectivity index (χ4v) is 5.50. The number of urea groups is 1. The maximum atomic E-state index is 13.5. The van der Waals surface area contributed by atoms with Crippen LogP contribution in [0, 0.1) is 5.92 Å². The second-order valence-corrected chi connectivity index (χ2v) is 10.1. The van der Waals surface area contributed by atoms with E-state index < -0.39 is 5.54 Å². The Hall–Kier alpha value is -2.98. The zero-order valence-corrected chi connectivity index (χ0v) is 19.8. The number of rotatable bonds is 6. The van der Waals surface area contributed by atoms with E-state index in [0.717, 1.165) is 32.1 Å². The molecule has 34 heavy (non-hydrogen) atoms. The summed E-state index contributed by atoms with van der Waals surface area (Å²) in [6.07, 6.45) is 6.64. The lowest BCUT2D eigenvalue weighted by atomic mass is 9.64. The summed E-state index contributed by atoms with van der Waals surface area (Å²) in [7, 11) is 1.79. The van der Waals surface area contributed by atoms with Crippen molar-refractivity contribution in [3.05, 3.63) is 41.3 Å². The van der Waals surface area contributed by atoms with Crippen molar-refractivity contribution in [2.45, 2.75) is 63.3 Å². The van der Waals surface area contributed by atoms with Gasteiger partial charge in [-0.05, 0) is 49.8 Å². The van der Waals surface area contributed by atoms with Crippen LogP contribution in [0.15, 0.2) is 28.9 Å². The van der Waals surface area contributed by atoms with Gasteiger partial charge in [-0.25, -0.2) is 9.78 Å². The van der Waals surface area contributed by atoms with Gasteiger partial charge in [-0.1, -0.05) is 18.5 Å². The zero-order chi connectivity index (χ0) is 23.4. The molecule has 2 saturated carbocycles. The van der Waals surface area contributed by atoms with Crippen LogP contribution < -0.4 is 5.32 Å². The molecule has 7 rings (SSSR count). The van der Waals surface area contributed by atoms with Gasteiger partial charge in [0.15, 0.2) is 5.82 Å². The van der Waals surface area contributed by atoms with Gasteiger partial charge in [0.05, 0.1) is 11.1 Å². The van der Waals surface area contributed by atoms with Crippen molar-refractivity contribution in [1.82, 2.24) is 29.9 Å². The van der Waals surface area contributed by atoms with E-state index in [2.05, 4.69) is 32.5 Å². The first kappa shape index (κ1) is 21.5. The number of carbonyl (C=O) groups is 1. The Morgan fingerprint density at radius 2 is 2.18 bits per heavy atom. The van der Waals surface area contributed by atoms with Crippen molar-refractivity contribution in [2.24, 2.45) is 13.0 Å². The number of nitrogens with one attached hydrogen (secondary N) is 1. The molecule has 178 valence electrons. The van der Waals surface area contributed by atoms with E-state index in [0.29, 0.717) is 52.5 Å². The highest BCUT2D eigenvalue weighted by atomic mass is 35.5. The van der Waals surface area contributed by atoms with E-state index >= 15 is 0 Å². The molecular formula is C23H26ClN7O3. The molecule has 0 radical (unpaired) electrons. The Bertz CT molecular complexity index is 1240. The van der Waals surface area contributed by atoms with Gasteiger partial charge in [0.1, 0.15) is 18.5 Å². The molecule has 0 spiro atoms. The summed E-state index contributed by atoms with van der Waals surface area (Å²) in [4.78, 5) is 19.6.